The number of piperazine rings is 1. The molecule has 1 amide bonds. The van der Waals surface area contributed by atoms with Gasteiger partial charge in [-0.1, -0.05) is 17.3 Å². The summed E-state index contributed by atoms with van der Waals surface area (Å²) in [6.45, 7) is 5.76. The minimum Gasteiger partial charge on any atom is -0.381 e. The van der Waals surface area contributed by atoms with Gasteiger partial charge in [-0.05, 0) is 31.9 Å². The molecule has 10 heteroatoms. The Morgan fingerprint density at radius 2 is 1.87 bits per heavy atom. The number of alkyl halides is 3. The number of carbonyl (C=O) groups excluding carboxylic acids is 1. The first-order valence-electron chi connectivity index (χ1n) is 10.4. The van der Waals surface area contributed by atoms with Gasteiger partial charge in [-0.15, -0.1) is 0 Å². The highest BCUT2D eigenvalue weighted by Crippen LogP contribution is 2.32. The van der Waals surface area contributed by atoms with Gasteiger partial charge in [0.05, 0.1) is 11.6 Å². The minimum absolute atomic E-state index is 0.0451. The molecular weight excluding hydrogens is 413 g/mol. The van der Waals surface area contributed by atoms with Crippen LogP contribution in [0, 0.1) is 5.92 Å². The molecule has 0 saturated carbocycles. The molecule has 1 atom stereocenters. The number of hydrogen-bond acceptors (Lipinski definition) is 6. The van der Waals surface area contributed by atoms with Crippen LogP contribution in [0.25, 0.3) is 11.4 Å². The van der Waals surface area contributed by atoms with Crippen molar-refractivity contribution in [3.05, 3.63) is 35.7 Å². The first-order valence-corrected chi connectivity index (χ1v) is 10.4. The van der Waals surface area contributed by atoms with E-state index in [0.29, 0.717) is 45.3 Å². The smallest absolute Gasteiger partial charge is 0.381 e. The highest BCUT2D eigenvalue weighted by molar-refractivity contribution is 5.79. The first-order chi connectivity index (χ1) is 14.8. The van der Waals surface area contributed by atoms with Gasteiger partial charge in [0.2, 0.25) is 17.6 Å². The molecule has 0 radical (unpaired) electrons. The fourth-order valence-electron chi connectivity index (χ4n) is 4.05. The molecule has 2 saturated heterocycles. The van der Waals surface area contributed by atoms with Gasteiger partial charge in [-0.3, -0.25) is 9.69 Å². The van der Waals surface area contributed by atoms with Crippen LogP contribution in [0.4, 0.5) is 13.2 Å². The topological polar surface area (TPSA) is 71.7 Å². The Bertz CT molecular complexity index is 903. The van der Waals surface area contributed by atoms with Gasteiger partial charge in [-0.25, -0.2) is 0 Å². The van der Waals surface area contributed by atoms with Gasteiger partial charge in [-0.2, -0.15) is 18.2 Å². The SMILES string of the molecule is CC(c1nc(-c2cccc(C(F)(F)F)c2)no1)N1CCN(C(=O)C2CCOCC2)CC1. The summed E-state index contributed by atoms with van der Waals surface area (Å²) in [5, 5.41) is 3.87. The van der Waals surface area contributed by atoms with E-state index in [0.717, 1.165) is 25.0 Å². The molecule has 2 aromatic rings. The summed E-state index contributed by atoms with van der Waals surface area (Å²) in [6.07, 6.45) is -2.89. The lowest BCUT2D eigenvalue weighted by atomic mass is 9.98. The highest BCUT2D eigenvalue weighted by Gasteiger charge is 2.33. The largest absolute Gasteiger partial charge is 0.416 e. The number of hydrogen-bond donors (Lipinski definition) is 0. The molecular formula is C21H25F3N4O3. The van der Waals surface area contributed by atoms with Crippen LogP contribution >= 0.6 is 0 Å². The second-order valence-electron chi connectivity index (χ2n) is 7.96. The first kappa shape index (κ1) is 21.8. The zero-order chi connectivity index (χ0) is 22.0. The van der Waals surface area contributed by atoms with E-state index >= 15 is 0 Å². The number of benzene rings is 1. The summed E-state index contributed by atoms with van der Waals surface area (Å²) in [5.41, 5.74) is -0.501. The van der Waals surface area contributed by atoms with Gasteiger partial charge in [0.25, 0.3) is 0 Å². The molecule has 1 aromatic heterocycles. The third kappa shape index (κ3) is 4.90. The van der Waals surface area contributed by atoms with Crippen LogP contribution in [0.15, 0.2) is 28.8 Å². The van der Waals surface area contributed by atoms with Crippen LogP contribution in [-0.4, -0.2) is 65.2 Å². The number of carbonyl (C=O) groups is 1. The number of ether oxygens (including phenoxy) is 1. The second kappa shape index (κ2) is 8.96. The number of halogens is 3. The van der Waals surface area contributed by atoms with E-state index in [4.69, 9.17) is 9.26 Å². The van der Waals surface area contributed by atoms with Crippen molar-refractivity contribution >= 4 is 5.91 Å². The third-order valence-electron chi connectivity index (χ3n) is 5.99. The summed E-state index contributed by atoms with van der Waals surface area (Å²) < 4.78 is 49.6. The van der Waals surface area contributed by atoms with E-state index in [1.807, 2.05) is 11.8 Å². The molecule has 168 valence electrons. The molecule has 2 aliphatic rings. The van der Waals surface area contributed by atoms with Gasteiger partial charge < -0.3 is 14.2 Å². The second-order valence-corrected chi connectivity index (χ2v) is 7.96. The van der Waals surface area contributed by atoms with E-state index in [1.165, 1.54) is 12.1 Å². The van der Waals surface area contributed by atoms with Gasteiger partial charge >= 0.3 is 6.18 Å². The van der Waals surface area contributed by atoms with Crippen LogP contribution in [-0.2, 0) is 15.7 Å². The molecule has 31 heavy (non-hydrogen) atoms. The van der Waals surface area contributed by atoms with Crippen molar-refractivity contribution in [1.29, 1.82) is 0 Å². The number of rotatable bonds is 4. The van der Waals surface area contributed by atoms with E-state index in [2.05, 4.69) is 15.0 Å². The van der Waals surface area contributed by atoms with Crippen molar-refractivity contribution in [3.8, 4) is 11.4 Å². The summed E-state index contributed by atoms with van der Waals surface area (Å²) in [5.74, 6) is 0.710. The van der Waals surface area contributed by atoms with Crippen molar-refractivity contribution in [2.45, 2.75) is 32.0 Å². The molecule has 7 nitrogen and oxygen atoms in total. The number of aromatic nitrogens is 2. The lowest BCUT2D eigenvalue weighted by Crippen LogP contribution is -2.51. The Morgan fingerprint density at radius 1 is 1.16 bits per heavy atom. The third-order valence-corrected chi connectivity index (χ3v) is 5.99. The Morgan fingerprint density at radius 3 is 2.55 bits per heavy atom. The van der Waals surface area contributed by atoms with E-state index in [9.17, 15) is 18.0 Å². The monoisotopic (exact) mass is 438 g/mol. The lowest BCUT2D eigenvalue weighted by Gasteiger charge is -2.38. The van der Waals surface area contributed by atoms with Crippen LogP contribution in [0.2, 0.25) is 0 Å². The molecule has 2 aliphatic heterocycles. The quantitative estimate of drug-likeness (QED) is 0.729. The van der Waals surface area contributed by atoms with Crippen LogP contribution in [0.5, 0.6) is 0 Å². The van der Waals surface area contributed by atoms with Crippen molar-refractivity contribution in [1.82, 2.24) is 19.9 Å². The highest BCUT2D eigenvalue weighted by atomic mass is 19.4. The molecule has 1 aromatic carbocycles. The Hall–Kier alpha value is -2.46. The minimum atomic E-state index is -4.43. The van der Waals surface area contributed by atoms with E-state index < -0.39 is 11.7 Å². The maximum absolute atomic E-state index is 13.0. The Labute approximate surface area is 178 Å². The summed E-state index contributed by atoms with van der Waals surface area (Å²) >= 11 is 0. The molecule has 1 unspecified atom stereocenters. The number of amides is 1. The molecule has 2 fully saturated rings. The number of nitrogens with zero attached hydrogens (tertiary/aromatic N) is 4. The predicted molar refractivity (Wildman–Crippen MR) is 105 cm³/mol. The summed E-state index contributed by atoms with van der Waals surface area (Å²) in [6, 6.07) is 4.67. The van der Waals surface area contributed by atoms with Crippen molar-refractivity contribution in [2.75, 3.05) is 39.4 Å². The average Bonchev–Trinajstić information content (AvgIpc) is 3.29. The van der Waals surface area contributed by atoms with E-state index in [1.54, 1.807) is 0 Å². The standard InChI is InChI=1S/C21H25F3N4O3/c1-14(27-7-9-28(10-8-27)20(29)15-5-11-30-12-6-15)19-25-18(26-31-19)16-3-2-4-17(13-16)21(22,23)24/h2-4,13-15H,5-12H2,1H3. The van der Waals surface area contributed by atoms with Crippen LogP contribution in [0.3, 0.4) is 0 Å². The molecule has 4 rings (SSSR count). The maximum Gasteiger partial charge on any atom is 0.416 e. The maximum atomic E-state index is 13.0. The Kier molecular flexibility index (Phi) is 6.29. The molecule has 0 aliphatic carbocycles. The lowest BCUT2D eigenvalue weighted by molar-refractivity contribution is -0.140. The fourth-order valence-corrected chi connectivity index (χ4v) is 4.05. The van der Waals surface area contributed by atoms with Crippen LogP contribution < -0.4 is 0 Å². The average molecular weight is 438 g/mol. The van der Waals surface area contributed by atoms with Crippen LogP contribution in [0.1, 0.15) is 37.3 Å². The molecule has 0 N–H and O–H groups in total. The summed E-state index contributed by atoms with van der Waals surface area (Å²) in [4.78, 5) is 21.1. The summed E-state index contributed by atoms with van der Waals surface area (Å²) in [7, 11) is 0. The van der Waals surface area contributed by atoms with Gasteiger partial charge in [0, 0.05) is 50.9 Å². The molecule has 0 bridgehead atoms. The molecule has 0 spiro atoms. The predicted octanol–water partition coefficient (Wildman–Crippen LogP) is 3.39. The zero-order valence-corrected chi connectivity index (χ0v) is 17.3. The normalized spacial score (nSPS) is 20.1. The fraction of sp³-hybridized carbons (Fsp3) is 0.571. The van der Waals surface area contributed by atoms with Crippen molar-refractivity contribution < 1.29 is 27.2 Å². The van der Waals surface area contributed by atoms with E-state index in [-0.39, 0.29) is 29.3 Å². The van der Waals surface area contributed by atoms with Gasteiger partial charge in [0.15, 0.2) is 0 Å². The van der Waals surface area contributed by atoms with Crippen molar-refractivity contribution in [3.63, 3.8) is 0 Å². The zero-order valence-electron chi connectivity index (χ0n) is 17.3. The van der Waals surface area contributed by atoms with Gasteiger partial charge in [0.1, 0.15) is 0 Å². The Balaban J connectivity index is 1.37. The molecule has 3 heterocycles. The van der Waals surface area contributed by atoms with Crippen molar-refractivity contribution in [2.24, 2.45) is 5.92 Å².